The van der Waals surface area contributed by atoms with Gasteiger partial charge in [0.1, 0.15) is 0 Å². The van der Waals surface area contributed by atoms with Crippen LogP contribution >= 0.6 is 0 Å². The summed E-state index contributed by atoms with van der Waals surface area (Å²) in [6.45, 7) is 0. The Bertz CT molecular complexity index is 993. The van der Waals surface area contributed by atoms with Crippen LogP contribution in [0.4, 0.5) is 5.69 Å². The van der Waals surface area contributed by atoms with Crippen LogP contribution in [-0.2, 0) is 0 Å². The molecule has 0 aliphatic rings. The summed E-state index contributed by atoms with van der Waals surface area (Å²) in [6.07, 6.45) is 1.50. The number of aromatic nitrogens is 1. The molecule has 3 rings (SSSR count). The summed E-state index contributed by atoms with van der Waals surface area (Å²) in [4.78, 5) is 35.4. The largest absolute Gasteiger partial charge is 0.476 e. The molecule has 4 N–H and O–H groups in total. The quantitative estimate of drug-likeness (QED) is 0.656. The van der Waals surface area contributed by atoms with Gasteiger partial charge in [0, 0.05) is 23.0 Å². The lowest BCUT2D eigenvalue weighted by Gasteiger charge is -2.10. The number of nitrogens with two attached hydrogens (primary N) is 1. The predicted octanol–water partition coefficient (Wildman–Crippen LogP) is 2.53. The van der Waals surface area contributed by atoms with Gasteiger partial charge in [-0.2, -0.15) is 0 Å². The van der Waals surface area contributed by atoms with Crippen LogP contribution in [0.25, 0.3) is 5.69 Å². The maximum Gasteiger partial charge on any atom is 0.355 e. The maximum atomic E-state index is 12.3. The standard InChI is InChI=1S/C19H15N3O4/c20-17(23)13-7-4-8-14(11-13)22-10-9-15(16(22)19(25)26)21-18(24)12-5-2-1-3-6-12/h1-11H,(H2,20,23)(H,21,24)(H,25,26). The van der Waals surface area contributed by atoms with E-state index in [1.807, 2.05) is 0 Å². The number of hydrogen-bond acceptors (Lipinski definition) is 3. The Morgan fingerprint density at radius 3 is 2.27 bits per heavy atom. The number of hydrogen-bond donors (Lipinski definition) is 3. The fourth-order valence-electron chi connectivity index (χ4n) is 2.56. The number of carbonyl (C=O) groups excluding carboxylic acids is 2. The lowest BCUT2D eigenvalue weighted by atomic mass is 10.2. The number of aromatic carboxylic acids is 1. The summed E-state index contributed by atoms with van der Waals surface area (Å²) in [5.41, 5.74) is 6.40. The monoisotopic (exact) mass is 349 g/mol. The molecule has 0 saturated heterocycles. The first-order valence-corrected chi connectivity index (χ1v) is 7.68. The fourth-order valence-corrected chi connectivity index (χ4v) is 2.56. The van der Waals surface area contributed by atoms with Gasteiger partial charge < -0.3 is 20.7 Å². The second kappa shape index (κ2) is 6.94. The summed E-state index contributed by atoms with van der Waals surface area (Å²) in [5, 5.41) is 12.2. The first kappa shape index (κ1) is 17.0. The van der Waals surface area contributed by atoms with Crippen LogP contribution in [0.15, 0.2) is 66.9 Å². The molecule has 0 aliphatic heterocycles. The summed E-state index contributed by atoms with van der Waals surface area (Å²) in [5.74, 6) is -2.26. The van der Waals surface area contributed by atoms with Crippen molar-refractivity contribution >= 4 is 23.5 Å². The second-order valence-corrected chi connectivity index (χ2v) is 5.49. The third kappa shape index (κ3) is 3.32. The fraction of sp³-hybridized carbons (Fsp3) is 0. The average molecular weight is 349 g/mol. The van der Waals surface area contributed by atoms with Gasteiger partial charge in [-0.1, -0.05) is 24.3 Å². The molecule has 0 saturated carbocycles. The van der Waals surface area contributed by atoms with Crippen molar-refractivity contribution in [1.29, 1.82) is 0 Å². The summed E-state index contributed by atoms with van der Waals surface area (Å²) >= 11 is 0. The molecule has 7 nitrogen and oxygen atoms in total. The molecule has 1 aromatic heterocycles. The van der Waals surface area contributed by atoms with E-state index < -0.39 is 17.8 Å². The highest BCUT2D eigenvalue weighted by atomic mass is 16.4. The average Bonchev–Trinajstić information content (AvgIpc) is 3.06. The molecule has 0 spiro atoms. The van der Waals surface area contributed by atoms with Crippen molar-refractivity contribution in [3.05, 3.63) is 83.7 Å². The van der Waals surface area contributed by atoms with Crippen molar-refractivity contribution in [1.82, 2.24) is 4.57 Å². The third-order valence-corrected chi connectivity index (χ3v) is 3.78. The van der Waals surface area contributed by atoms with E-state index in [2.05, 4.69) is 5.32 Å². The Labute approximate surface area is 148 Å². The normalized spacial score (nSPS) is 10.3. The molecule has 0 aliphatic carbocycles. The molecule has 3 aromatic rings. The van der Waals surface area contributed by atoms with E-state index in [4.69, 9.17) is 5.73 Å². The van der Waals surface area contributed by atoms with Crippen molar-refractivity contribution in [3.63, 3.8) is 0 Å². The SMILES string of the molecule is NC(=O)c1cccc(-n2ccc(NC(=O)c3ccccc3)c2C(=O)O)c1. The zero-order chi connectivity index (χ0) is 18.7. The Kier molecular flexibility index (Phi) is 4.53. The summed E-state index contributed by atoms with van der Waals surface area (Å²) < 4.78 is 1.37. The van der Waals surface area contributed by atoms with Crippen LogP contribution in [0.2, 0.25) is 0 Å². The number of carbonyl (C=O) groups is 3. The van der Waals surface area contributed by atoms with Gasteiger partial charge in [0.15, 0.2) is 5.69 Å². The van der Waals surface area contributed by atoms with E-state index in [0.29, 0.717) is 11.3 Å². The van der Waals surface area contributed by atoms with Crippen molar-refractivity contribution in [2.75, 3.05) is 5.32 Å². The highest BCUT2D eigenvalue weighted by Gasteiger charge is 2.20. The molecule has 2 aromatic carbocycles. The second-order valence-electron chi connectivity index (χ2n) is 5.49. The Hall–Kier alpha value is -3.87. The smallest absolute Gasteiger partial charge is 0.355 e. The summed E-state index contributed by atoms with van der Waals surface area (Å²) in [6, 6.07) is 16.2. The van der Waals surface area contributed by atoms with Crippen LogP contribution in [0.1, 0.15) is 31.2 Å². The van der Waals surface area contributed by atoms with Crippen LogP contribution in [0, 0.1) is 0 Å². The Morgan fingerprint density at radius 1 is 0.923 bits per heavy atom. The van der Waals surface area contributed by atoms with Gasteiger partial charge in [0.05, 0.1) is 5.69 Å². The number of anilines is 1. The Balaban J connectivity index is 1.99. The number of primary amides is 1. The minimum Gasteiger partial charge on any atom is -0.476 e. The number of rotatable bonds is 5. The highest BCUT2D eigenvalue weighted by Crippen LogP contribution is 2.23. The van der Waals surface area contributed by atoms with E-state index >= 15 is 0 Å². The van der Waals surface area contributed by atoms with Gasteiger partial charge in [-0.05, 0) is 36.4 Å². The number of amides is 2. The van der Waals surface area contributed by atoms with Crippen LogP contribution in [-0.4, -0.2) is 27.5 Å². The number of nitrogens with zero attached hydrogens (tertiary/aromatic N) is 1. The van der Waals surface area contributed by atoms with Crippen molar-refractivity contribution < 1.29 is 19.5 Å². The zero-order valence-corrected chi connectivity index (χ0v) is 13.5. The zero-order valence-electron chi connectivity index (χ0n) is 13.5. The van der Waals surface area contributed by atoms with Gasteiger partial charge >= 0.3 is 5.97 Å². The van der Waals surface area contributed by atoms with Gasteiger partial charge in [-0.3, -0.25) is 9.59 Å². The number of carboxylic acid groups (broad SMARTS) is 1. The highest BCUT2D eigenvalue weighted by molar-refractivity contribution is 6.07. The molecule has 0 radical (unpaired) electrons. The van der Waals surface area contributed by atoms with Crippen molar-refractivity contribution in [3.8, 4) is 5.69 Å². The van der Waals surface area contributed by atoms with Gasteiger partial charge in [0.2, 0.25) is 5.91 Å². The van der Waals surface area contributed by atoms with Crippen LogP contribution < -0.4 is 11.1 Å². The molecule has 1 heterocycles. The lowest BCUT2D eigenvalue weighted by Crippen LogP contribution is -2.16. The van der Waals surface area contributed by atoms with E-state index in [1.54, 1.807) is 42.5 Å². The van der Waals surface area contributed by atoms with E-state index in [-0.39, 0.29) is 16.9 Å². The molecular weight excluding hydrogens is 334 g/mol. The summed E-state index contributed by atoms with van der Waals surface area (Å²) in [7, 11) is 0. The first-order valence-electron chi connectivity index (χ1n) is 7.68. The minimum absolute atomic E-state index is 0.129. The van der Waals surface area contributed by atoms with Crippen molar-refractivity contribution in [2.45, 2.75) is 0 Å². The Morgan fingerprint density at radius 2 is 1.62 bits per heavy atom. The molecule has 0 bridgehead atoms. The molecule has 0 fully saturated rings. The topological polar surface area (TPSA) is 114 Å². The van der Waals surface area contributed by atoms with Gasteiger partial charge in [0.25, 0.3) is 5.91 Å². The molecule has 0 atom stereocenters. The van der Waals surface area contributed by atoms with E-state index in [9.17, 15) is 19.5 Å². The van der Waals surface area contributed by atoms with Gasteiger partial charge in [-0.25, -0.2) is 4.79 Å². The predicted molar refractivity (Wildman–Crippen MR) is 95.6 cm³/mol. The number of carboxylic acids is 1. The number of nitrogens with one attached hydrogen (secondary N) is 1. The molecule has 7 heteroatoms. The first-order chi connectivity index (χ1) is 12.5. The van der Waals surface area contributed by atoms with E-state index in [0.717, 1.165) is 0 Å². The van der Waals surface area contributed by atoms with E-state index in [1.165, 1.54) is 29.0 Å². The molecular formula is C19H15N3O4. The van der Waals surface area contributed by atoms with Crippen molar-refractivity contribution in [2.24, 2.45) is 5.73 Å². The molecule has 0 unspecified atom stereocenters. The van der Waals surface area contributed by atoms with Crippen LogP contribution in [0.5, 0.6) is 0 Å². The van der Waals surface area contributed by atoms with Gasteiger partial charge in [-0.15, -0.1) is 0 Å². The molecule has 26 heavy (non-hydrogen) atoms. The minimum atomic E-state index is -1.22. The third-order valence-electron chi connectivity index (χ3n) is 3.78. The van der Waals surface area contributed by atoms with Crippen LogP contribution in [0.3, 0.4) is 0 Å². The number of benzene rings is 2. The molecule has 130 valence electrons. The lowest BCUT2D eigenvalue weighted by molar-refractivity contribution is 0.0689. The molecule has 2 amide bonds. The maximum absolute atomic E-state index is 12.3.